The molecular weight excluding hydrogens is 210 g/mol. The molecule has 6 nitrogen and oxygen atoms in total. The van der Waals surface area contributed by atoms with E-state index in [1.54, 1.807) is 24.3 Å². The Morgan fingerprint density at radius 2 is 2.12 bits per heavy atom. The van der Waals surface area contributed by atoms with Crippen molar-refractivity contribution in [1.29, 1.82) is 0 Å². The van der Waals surface area contributed by atoms with Gasteiger partial charge in [-0.15, -0.1) is 0 Å². The van der Waals surface area contributed by atoms with Crippen LogP contribution in [-0.4, -0.2) is 30.0 Å². The van der Waals surface area contributed by atoms with Crippen molar-refractivity contribution >= 4 is 0 Å². The fourth-order valence-corrected chi connectivity index (χ4v) is 1.34. The molecule has 0 saturated heterocycles. The van der Waals surface area contributed by atoms with Crippen molar-refractivity contribution in [3.8, 4) is 5.75 Å². The Morgan fingerprint density at radius 1 is 1.44 bits per heavy atom. The molecule has 2 N–H and O–H groups in total. The number of ether oxygens (including phenoxy) is 1. The van der Waals surface area contributed by atoms with E-state index in [0.29, 0.717) is 11.3 Å². The molecule has 1 rings (SSSR count). The van der Waals surface area contributed by atoms with Crippen molar-refractivity contribution in [2.75, 3.05) is 13.7 Å². The van der Waals surface area contributed by atoms with E-state index in [0.717, 1.165) is 0 Å². The number of benzene rings is 1. The van der Waals surface area contributed by atoms with Gasteiger partial charge in [-0.2, -0.15) is 0 Å². The summed E-state index contributed by atoms with van der Waals surface area (Å²) in [5, 5.41) is 22.6. The number of hydrogen-bond acceptors (Lipinski definition) is 4. The third-order valence-electron chi connectivity index (χ3n) is 2.15. The summed E-state index contributed by atoms with van der Waals surface area (Å²) in [6.45, 7) is -0.185. The minimum atomic E-state index is -1.15. The summed E-state index contributed by atoms with van der Waals surface area (Å²) >= 11 is 0. The van der Waals surface area contributed by atoms with E-state index in [1.807, 2.05) is 0 Å². The Morgan fingerprint density at radius 3 is 2.75 bits per heavy atom. The molecule has 16 heavy (non-hydrogen) atoms. The standard InChI is InChI=1S/C10H13N3O3/c1-16-9-5-3-2-4-7(9)10(15)8(14)6-12-13-11/h2-5,8,10,14-15H,6H2,1H3. The predicted molar refractivity (Wildman–Crippen MR) is 58.0 cm³/mol. The Bertz CT molecular complexity index is 391. The maximum atomic E-state index is 9.81. The maximum Gasteiger partial charge on any atom is 0.124 e. The van der Waals surface area contributed by atoms with Gasteiger partial charge in [-0.3, -0.25) is 0 Å². The molecule has 2 unspecified atom stereocenters. The summed E-state index contributed by atoms with van der Waals surface area (Å²) < 4.78 is 5.05. The summed E-state index contributed by atoms with van der Waals surface area (Å²) in [4.78, 5) is 2.52. The van der Waals surface area contributed by atoms with Crippen molar-refractivity contribution in [3.05, 3.63) is 40.3 Å². The fraction of sp³-hybridized carbons (Fsp3) is 0.400. The number of methoxy groups -OCH3 is 1. The number of azide groups is 1. The van der Waals surface area contributed by atoms with Crippen LogP contribution in [0.15, 0.2) is 29.4 Å². The zero-order valence-corrected chi connectivity index (χ0v) is 8.82. The van der Waals surface area contributed by atoms with Crippen LogP contribution in [0.1, 0.15) is 11.7 Å². The van der Waals surface area contributed by atoms with Crippen LogP contribution in [0.5, 0.6) is 5.75 Å². The summed E-state index contributed by atoms with van der Waals surface area (Å²) in [5.41, 5.74) is 8.57. The number of nitrogens with zero attached hydrogens (tertiary/aromatic N) is 3. The summed E-state index contributed by atoms with van der Waals surface area (Å²) in [6.07, 6.45) is -2.28. The van der Waals surface area contributed by atoms with Gasteiger partial charge >= 0.3 is 0 Å². The lowest BCUT2D eigenvalue weighted by Crippen LogP contribution is -2.21. The molecule has 0 saturated carbocycles. The maximum absolute atomic E-state index is 9.81. The normalized spacial score (nSPS) is 13.7. The molecule has 86 valence electrons. The van der Waals surface area contributed by atoms with E-state index in [2.05, 4.69) is 10.0 Å². The van der Waals surface area contributed by atoms with Crippen molar-refractivity contribution in [2.24, 2.45) is 5.11 Å². The van der Waals surface area contributed by atoms with Crippen LogP contribution >= 0.6 is 0 Å². The highest BCUT2D eigenvalue weighted by atomic mass is 16.5. The second kappa shape index (κ2) is 5.97. The zero-order chi connectivity index (χ0) is 12.0. The molecule has 0 heterocycles. The van der Waals surface area contributed by atoms with Crippen molar-refractivity contribution < 1.29 is 14.9 Å². The second-order valence-corrected chi connectivity index (χ2v) is 3.17. The van der Waals surface area contributed by atoms with Crippen LogP contribution in [0.2, 0.25) is 0 Å². The number of para-hydroxylation sites is 1. The van der Waals surface area contributed by atoms with Gasteiger partial charge in [-0.05, 0) is 11.6 Å². The average Bonchev–Trinajstić information content (AvgIpc) is 2.34. The van der Waals surface area contributed by atoms with Gasteiger partial charge in [-0.25, -0.2) is 0 Å². The van der Waals surface area contributed by atoms with Crippen molar-refractivity contribution in [1.82, 2.24) is 0 Å². The van der Waals surface area contributed by atoms with E-state index in [-0.39, 0.29) is 6.54 Å². The van der Waals surface area contributed by atoms with E-state index < -0.39 is 12.2 Å². The minimum Gasteiger partial charge on any atom is -0.496 e. The molecule has 0 aromatic heterocycles. The first-order valence-electron chi connectivity index (χ1n) is 4.70. The highest BCUT2D eigenvalue weighted by molar-refractivity contribution is 5.35. The van der Waals surface area contributed by atoms with Crippen LogP contribution in [0.3, 0.4) is 0 Å². The molecule has 6 heteroatoms. The molecule has 0 aliphatic rings. The number of rotatable bonds is 5. The smallest absolute Gasteiger partial charge is 0.124 e. The molecular formula is C10H13N3O3. The SMILES string of the molecule is COc1ccccc1C(O)C(O)CN=[N+]=[N-]. The van der Waals surface area contributed by atoms with Gasteiger partial charge in [0.1, 0.15) is 11.9 Å². The monoisotopic (exact) mass is 223 g/mol. The van der Waals surface area contributed by atoms with E-state index >= 15 is 0 Å². The Hall–Kier alpha value is -1.75. The summed E-state index contributed by atoms with van der Waals surface area (Å²) in [6, 6.07) is 6.80. The van der Waals surface area contributed by atoms with Crippen molar-refractivity contribution in [3.63, 3.8) is 0 Å². The topological polar surface area (TPSA) is 98.5 Å². The van der Waals surface area contributed by atoms with Crippen LogP contribution in [0, 0.1) is 0 Å². The number of hydrogen-bond donors (Lipinski definition) is 2. The highest BCUT2D eigenvalue weighted by Gasteiger charge is 2.20. The molecule has 0 radical (unpaired) electrons. The van der Waals surface area contributed by atoms with E-state index in [4.69, 9.17) is 10.3 Å². The zero-order valence-electron chi connectivity index (χ0n) is 8.82. The predicted octanol–water partition coefficient (Wildman–Crippen LogP) is 1.40. The van der Waals surface area contributed by atoms with Gasteiger partial charge in [0.25, 0.3) is 0 Å². The lowest BCUT2D eigenvalue weighted by molar-refractivity contribution is 0.0230. The van der Waals surface area contributed by atoms with Gasteiger partial charge in [0, 0.05) is 10.5 Å². The largest absolute Gasteiger partial charge is 0.496 e. The first-order valence-corrected chi connectivity index (χ1v) is 4.70. The molecule has 1 aromatic carbocycles. The first kappa shape index (κ1) is 12.3. The summed E-state index contributed by atoms with van der Waals surface area (Å²) in [5.74, 6) is 0.481. The molecule has 0 bridgehead atoms. The number of aliphatic hydroxyl groups is 2. The Labute approximate surface area is 92.7 Å². The van der Waals surface area contributed by atoms with E-state index in [9.17, 15) is 10.2 Å². The van der Waals surface area contributed by atoms with Gasteiger partial charge in [0.15, 0.2) is 0 Å². The molecule has 1 aromatic rings. The quantitative estimate of drug-likeness (QED) is 0.448. The third-order valence-corrected chi connectivity index (χ3v) is 2.15. The van der Waals surface area contributed by atoms with Crippen LogP contribution in [0.4, 0.5) is 0 Å². The highest BCUT2D eigenvalue weighted by Crippen LogP contribution is 2.26. The Kier molecular flexibility index (Phi) is 4.60. The molecule has 0 amide bonds. The van der Waals surface area contributed by atoms with Gasteiger partial charge in [0.05, 0.1) is 19.8 Å². The molecule has 2 atom stereocenters. The summed E-state index contributed by atoms with van der Waals surface area (Å²) in [7, 11) is 1.48. The fourth-order valence-electron chi connectivity index (χ4n) is 1.34. The van der Waals surface area contributed by atoms with Crippen LogP contribution < -0.4 is 4.74 Å². The third kappa shape index (κ3) is 2.87. The number of aliphatic hydroxyl groups excluding tert-OH is 2. The minimum absolute atomic E-state index is 0.185. The molecule has 0 spiro atoms. The average molecular weight is 223 g/mol. The lowest BCUT2D eigenvalue weighted by Gasteiger charge is -2.18. The lowest BCUT2D eigenvalue weighted by atomic mass is 10.0. The van der Waals surface area contributed by atoms with Crippen LogP contribution in [0.25, 0.3) is 10.4 Å². The van der Waals surface area contributed by atoms with Gasteiger partial charge < -0.3 is 14.9 Å². The van der Waals surface area contributed by atoms with Gasteiger partial charge in [0.2, 0.25) is 0 Å². The van der Waals surface area contributed by atoms with E-state index in [1.165, 1.54) is 7.11 Å². The first-order chi connectivity index (χ1) is 7.70. The molecule has 0 fully saturated rings. The molecule has 0 aliphatic heterocycles. The van der Waals surface area contributed by atoms with Gasteiger partial charge in [-0.1, -0.05) is 23.3 Å². The van der Waals surface area contributed by atoms with Crippen LogP contribution in [-0.2, 0) is 0 Å². The second-order valence-electron chi connectivity index (χ2n) is 3.17. The molecule has 0 aliphatic carbocycles. The Balaban J connectivity index is 2.86. The van der Waals surface area contributed by atoms with Crippen molar-refractivity contribution in [2.45, 2.75) is 12.2 Å².